The molecule has 0 radical (unpaired) electrons. The van der Waals surface area contributed by atoms with E-state index in [1.54, 1.807) is 23.6 Å². The number of hydrogen-bond acceptors (Lipinski definition) is 9. The number of aromatic nitrogens is 1. The van der Waals surface area contributed by atoms with Gasteiger partial charge >= 0.3 is 0 Å². The summed E-state index contributed by atoms with van der Waals surface area (Å²) >= 11 is 3.10. The minimum atomic E-state index is -0.892. The Bertz CT molecular complexity index is 1100. The predicted octanol–water partition coefficient (Wildman–Crippen LogP) is 4.20. The third-order valence-electron chi connectivity index (χ3n) is 5.60. The molecule has 1 amide bonds. The van der Waals surface area contributed by atoms with Crippen LogP contribution in [0.15, 0.2) is 74.8 Å². The molecular weight excluding hydrogens is 498 g/mol. The average Bonchev–Trinajstić information content (AvgIpc) is 3.44. The smallest absolute Gasteiger partial charge is 0.293 e. The second-order valence-corrected chi connectivity index (χ2v) is 10.4. The Morgan fingerprint density at radius 2 is 2.31 bits per heavy atom. The van der Waals surface area contributed by atoms with Gasteiger partial charge in [-0.05, 0) is 60.9 Å². The van der Waals surface area contributed by atoms with Crippen molar-refractivity contribution in [1.82, 2.24) is 14.8 Å². The third kappa shape index (κ3) is 8.65. The van der Waals surface area contributed by atoms with Gasteiger partial charge in [0.1, 0.15) is 12.4 Å². The van der Waals surface area contributed by atoms with E-state index in [1.165, 1.54) is 11.9 Å². The summed E-state index contributed by atoms with van der Waals surface area (Å²) in [5.74, 6) is -0.0663. The number of amides is 1. The SMILES string of the molecule is CCC(COC=O)C(=O)NC(CC1=CC=CC=C=C1)C(O)CN(Cc1cccs1)Sc1cnoc1C. The predicted molar refractivity (Wildman–Crippen MR) is 140 cm³/mol. The van der Waals surface area contributed by atoms with Gasteiger partial charge in [0.25, 0.3) is 6.47 Å². The van der Waals surface area contributed by atoms with Crippen LogP contribution < -0.4 is 5.32 Å². The molecule has 2 heterocycles. The standard InChI is InChI=1S/C26H31N3O5S2/c1-3-21(17-33-18-30)26(32)28-23(13-20-9-6-4-5-7-10-20)24(31)16-29(15-22-11-8-12-35-22)36-25-14-27-34-19(25)2/h4-6,8-12,14,18,21,23-24,31H,3,13,15-17H2,1-2H3,(H,28,32). The molecule has 36 heavy (non-hydrogen) atoms. The largest absolute Gasteiger partial charge is 0.467 e. The van der Waals surface area contributed by atoms with Crippen LogP contribution in [0.3, 0.4) is 0 Å². The summed E-state index contributed by atoms with van der Waals surface area (Å²) < 4.78 is 12.1. The number of aryl methyl sites for hydroxylation is 1. The van der Waals surface area contributed by atoms with Crippen LogP contribution in [-0.2, 0) is 20.9 Å². The van der Waals surface area contributed by atoms with Crippen molar-refractivity contribution in [2.24, 2.45) is 5.92 Å². The number of carbonyl (C=O) groups is 2. The molecule has 0 fully saturated rings. The molecule has 1 aliphatic rings. The first kappa shape index (κ1) is 27.7. The van der Waals surface area contributed by atoms with Gasteiger partial charge in [0.05, 0.1) is 29.2 Å². The Morgan fingerprint density at radius 1 is 1.44 bits per heavy atom. The summed E-state index contributed by atoms with van der Waals surface area (Å²) in [6, 6.07) is 3.46. The van der Waals surface area contributed by atoms with Crippen LogP contribution in [0.5, 0.6) is 0 Å². The van der Waals surface area contributed by atoms with E-state index >= 15 is 0 Å². The molecule has 0 saturated carbocycles. The number of rotatable bonds is 15. The highest BCUT2D eigenvalue weighted by molar-refractivity contribution is 7.97. The molecule has 2 aromatic heterocycles. The maximum atomic E-state index is 13.0. The van der Waals surface area contributed by atoms with Crippen molar-refractivity contribution >= 4 is 35.7 Å². The van der Waals surface area contributed by atoms with Crippen molar-refractivity contribution in [3.05, 3.63) is 76.0 Å². The van der Waals surface area contributed by atoms with Crippen LogP contribution in [0.2, 0.25) is 0 Å². The molecule has 3 atom stereocenters. The first-order chi connectivity index (χ1) is 17.5. The molecule has 2 aromatic rings. The molecule has 0 spiro atoms. The minimum Gasteiger partial charge on any atom is -0.467 e. The molecule has 0 saturated heterocycles. The summed E-state index contributed by atoms with van der Waals surface area (Å²) in [6.45, 7) is 4.92. The molecule has 0 aliphatic heterocycles. The van der Waals surface area contributed by atoms with Crippen LogP contribution in [0, 0.1) is 12.8 Å². The van der Waals surface area contributed by atoms with Crippen molar-refractivity contribution in [2.45, 2.75) is 50.3 Å². The van der Waals surface area contributed by atoms with Crippen LogP contribution >= 0.6 is 23.3 Å². The van der Waals surface area contributed by atoms with E-state index in [0.29, 0.717) is 31.6 Å². The number of carbonyl (C=O) groups excluding carboxylic acids is 2. The van der Waals surface area contributed by atoms with Gasteiger partial charge in [0, 0.05) is 18.0 Å². The zero-order valence-corrected chi connectivity index (χ0v) is 22.0. The van der Waals surface area contributed by atoms with Gasteiger partial charge in [-0.3, -0.25) is 9.59 Å². The maximum absolute atomic E-state index is 13.0. The molecule has 3 rings (SSSR count). The molecule has 2 N–H and O–H groups in total. The number of aliphatic hydroxyl groups excluding tert-OH is 1. The zero-order valence-electron chi connectivity index (χ0n) is 20.3. The Morgan fingerprint density at radius 3 is 3.00 bits per heavy atom. The van der Waals surface area contributed by atoms with E-state index in [4.69, 9.17) is 9.26 Å². The van der Waals surface area contributed by atoms with E-state index in [9.17, 15) is 14.7 Å². The van der Waals surface area contributed by atoms with Crippen molar-refractivity contribution in [3.8, 4) is 0 Å². The molecule has 10 heteroatoms. The third-order valence-corrected chi connectivity index (χ3v) is 7.58. The highest BCUT2D eigenvalue weighted by atomic mass is 32.2. The van der Waals surface area contributed by atoms with Crippen LogP contribution in [0.4, 0.5) is 0 Å². The summed E-state index contributed by atoms with van der Waals surface area (Å²) in [5.41, 5.74) is 4.00. The van der Waals surface area contributed by atoms with E-state index in [2.05, 4.69) is 16.2 Å². The zero-order chi connectivity index (χ0) is 25.8. The fraction of sp³-hybridized carbons (Fsp3) is 0.385. The summed E-state index contributed by atoms with van der Waals surface area (Å²) in [6.07, 6.45) is 11.0. The molecule has 0 bridgehead atoms. The van der Waals surface area contributed by atoms with E-state index < -0.39 is 18.1 Å². The number of allylic oxidation sites excluding steroid dienone is 4. The first-order valence-electron chi connectivity index (χ1n) is 11.7. The van der Waals surface area contributed by atoms with E-state index in [1.807, 2.05) is 60.0 Å². The van der Waals surface area contributed by atoms with E-state index in [0.717, 1.165) is 15.3 Å². The first-order valence-corrected chi connectivity index (χ1v) is 13.3. The summed E-state index contributed by atoms with van der Waals surface area (Å²) in [7, 11) is 0. The van der Waals surface area contributed by atoms with E-state index in [-0.39, 0.29) is 19.1 Å². The van der Waals surface area contributed by atoms with Gasteiger partial charge in [-0.15, -0.1) is 17.1 Å². The Balaban J connectivity index is 1.79. The van der Waals surface area contributed by atoms with Crippen molar-refractivity contribution in [1.29, 1.82) is 0 Å². The number of ether oxygens (including phenoxy) is 1. The lowest BCUT2D eigenvalue weighted by Crippen LogP contribution is -2.49. The molecule has 3 unspecified atom stereocenters. The maximum Gasteiger partial charge on any atom is 0.293 e. The molecule has 0 aromatic carbocycles. The van der Waals surface area contributed by atoms with Crippen LogP contribution in [0.1, 0.15) is 30.4 Å². The summed E-state index contributed by atoms with van der Waals surface area (Å²) in [4.78, 5) is 25.7. The minimum absolute atomic E-state index is 0.00412. The Labute approximate surface area is 219 Å². The molecule has 8 nitrogen and oxygen atoms in total. The normalized spacial score (nSPS) is 15.3. The van der Waals surface area contributed by atoms with Crippen molar-refractivity contribution in [2.75, 3.05) is 13.2 Å². The Hall–Kier alpha value is -2.88. The fourth-order valence-electron chi connectivity index (χ4n) is 3.56. The van der Waals surface area contributed by atoms with Gasteiger partial charge in [0.2, 0.25) is 5.91 Å². The number of nitrogens with zero attached hydrogens (tertiary/aromatic N) is 2. The number of hydrogen-bond donors (Lipinski definition) is 2. The molecule has 192 valence electrons. The van der Waals surface area contributed by atoms with Crippen molar-refractivity contribution in [3.63, 3.8) is 0 Å². The topological polar surface area (TPSA) is 105 Å². The van der Waals surface area contributed by atoms with Gasteiger partial charge in [0.15, 0.2) is 0 Å². The second-order valence-electron chi connectivity index (χ2n) is 8.26. The highest BCUT2D eigenvalue weighted by Crippen LogP contribution is 2.29. The molecular formula is C26H31N3O5S2. The van der Waals surface area contributed by atoms with Gasteiger partial charge in [-0.2, -0.15) is 0 Å². The van der Waals surface area contributed by atoms with Gasteiger partial charge in [-0.1, -0.05) is 36.4 Å². The van der Waals surface area contributed by atoms with Crippen LogP contribution in [0.25, 0.3) is 0 Å². The monoisotopic (exact) mass is 529 g/mol. The second kappa shape index (κ2) is 14.6. The average molecular weight is 530 g/mol. The lowest BCUT2D eigenvalue weighted by atomic mass is 9.98. The van der Waals surface area contributed by atoms with Crippen molar-refractivity contribution < 1.29 is 24.0 Å². The highest BCUT2D eigenvalue weighted by Gasteiger charge is 2.28. The number of aliphatic hydroxyl groups is 1. The summed E-state index contributed by atoms with van der Waals surface area (Å²) in [5, 5.41) is 20.3. The Kier molecular flexibility index (Phi) is 11.3. The quantitative estimate of drug-likeness (QED) is 0.201. The van der Waals surface area contributed by atoms with Gasteiger partial charge < -0.3 is 19.7 Å². The van der Waals surface area contributed by atoms with Gasteiger partial charge in [-0.25, -0.2) is 4.31 Å². The lowest BCUT2D eigenvalue weighted by Gasteiger charge is -2.30. The fourth-order valence-corrected chi connectivity index (χ4v) is 5.32. The lowest BCUT2D eigenvalue weighted by molar-refractivity contribution is -0.134. The van der Waals surface area contributed by atoms with Crippen LogP contribution in [-0.4, -0.2) is 52.2 Å². The number of nitrogens with one attached hydrogen (secondary N) is 1. The number of thiophene rings is 1. The molecule has 1 aliphatic carbocycles.